The molecule has 128 valence electrons. The van der Waals surface area contributed by atoms with Crippen LogP contribution < -0.4 is 5.32 Å². The molecule has 25 heavy (non-hydrogen) atoms. The molecule has 1 atom stereocenters. The Morgan fingerprint density at radius 2 is 2.04 bits per heavy atom. The Morgan fingerprint density at radius 1 is 1.16 bits per heavy atom. The summed E-state index contributed by atoms with van der Waals surface area (Å²) in [5, 5.41) is 8.17. The number of nitrogens with zero attached hydrogens (tertiary/aromatic N) is 5. The third-order valence-corrected chi connectivity index (χ3v) is 4.54. The quantitative estimate of drug-likeness (QED) is 0.776. The zero-order valence-electron chi connectivity index (χ0n) is 14.4. The number of aryl methyl sites for hydroxylation is 2. The van der Waals surface area contributed by atoms with Crippen LogP contribution in [0.1, 0.15) is 30.7 Å². The number of nitrogens with one attached hydrogen (secondary N) is 1. The van der Waals surface area contributed by atoms with E-state index in [1.54, 1.807) is 0 Å². The SMILES string of the molecule is CCc1nc2n(n1)CC(NCc1ccnc(-c3ccccc3)n1)CC2. The van der Waals surface area contributed by atoms with Crippen LogP contribution in [0.25, 0.3) is 11.4 Å². The smallest absolute Gasteiger partial charge is 0.159 e. The van der Waals surface area contributed by atoms with Crippen LogP contribution in [0.15, 0.2) is 42.6 Å². The van der Waals surface area contributed by atoms with Crippen molar-refractivity contribution in [3.63, 3.8) is 0 Å². The lowest BCUT2D eigenvalue weighted by atomic mass is 10.1. The van der Waals surface area contributed by atoms with Gasteiger partial charge in [0.05, 0.1) is 12.2 Å². The minimum absolute atomic E-state index is 0.397. The van der Waals surface area contributed by atoms with Gasteiger partial charge in [-0.05, 0) is 12.5 Å². The van der Waals surface area contributed by atoms with Crippen LogP contribution in [0.2, 0.25) is 0 Å². The summed E-state index contributed by atoms with van der Waals surface area (Å²) in [6, 6.07) is 12.4. The lowest BCUT2D eigenvalue weighted by Crippen LogP contribution is -2.37. The molecule has 0 amide bonds. The van der Waals surface area contributed by atoms with E-state index >= 15 is 0 Å². The molecule has 6 nitrogen and oxygen atoms in total. The Bertz CT molecular complexity index is 842. The fourth-order valence-corrected chi connectivity index (χ4v) is 3.15. The average molecular weight is 334 g/mol. The molecule has 0 saturated heterocycles. The Balaban J connectivity index is 1.40. The highest BCUT2D eigenvalue weighted by Crippen LogP contribution is 2.15. The summed E-state index contributed by atoms with van der Waals surface area (Å²) in [7, 11) is 0. The van der Waals surface area contributed by atoms with E-state index < -0.39 is 0 Å². The van der Waals surface area contributed by atoms with E-state index in [2.05, 4.69) is 37.0 Å². The Morgan fingerprint density at radius 3 is 2.88 bits per heavy atom. The third-order valence-electron chi connectivity index (χ3n) is 4.54. The van der Waals surface area contributed by atoms with Crippen molar-refractivity contribution in [3.8, 4) is 11.4 Å². The molecule has 0 fully saturated rings. The van der Waals surface area contributed by atoms with Gasteiger partial charge in [-0.25, -0.2) is 19.6 Å². The summed E-state index contributed by atoms with van der Waals surface area (Å²) < 4.78 is 2.05. The zero-order chi connectivity index (χ0) is 17.1. The summed E-state index contributed by atoms with van der Waals surface area (Å²) >= 11 is 0. The Hall–Kier alpha value is -2.60. The van der Waals surface area contributed by atoms with Crippen LogP contribution in [0.3, 0.4) is 0 Å². The number of hydrogen-bond donors (Lipinski definition) is 1. The van der Waals surface area contributed by atoms with Gasteiger partial charge in [-0.2, -0.15) is 5.10 Å². The van der Waals surface area contributed by atoms with E-state index in [9.17, 15) is 0 Å². The van der Waals surface area contributed by atoms with Crippen LogP contribution in [-0.2, 0) is 25.9 Å². The summed E-state index contributed by atoms with van der Waals surface area (Å²) in [6.07, 6.45) is 4.78. The molecule has 3 heterocycles. The van der Waals surface area contributed by atoms with Crippen molar-refractivity contribution in [3.05, 3.63) is 59.9 Å². The van der Waals surface area contributed by atoms with Crippen molar-refractivity contribution in [1.29, 1.82) is 0 Å². The molecule has 0 aliphatic carbocycles. The van der Waals surface area contributed by atoms with Gasteiger partial charge in [0, 0.05) is 37.2 Å². The van der Waals surface area contributed by atoms with Gasteiger partial charge < -0.3 is 5.32 Å². The van der Waals surface area contributed by atoms with E-state index in [4.69, 9.17) is 0 Å². The van der Waals surface area contributed by atoms with E-state index in [1.165, 1.54) is 0 Å². The van der Waals surface area contributed by atoms with Gasteiger partial charge in [-0.3, -0.25) is 0 Å². The summed E-state index contributed by atoms with van der Waals surface area (Å²) in [6.45, 7) is 3.70. The van der Waals surface area contributed by atoms with Crippen LogP contribution in [-0.4, -0.2) is 30.8 Å². The first-order valence-electron chi connectivity index (χ1n) is 8.85. The fourth-order valence-electron chi connectivity index (χ4n) is 3.15. The topological polar surface area (TPSA) is 68.5 Å². The average Bonchev–Trinajstić information content (AvgIpc) is 3.10. The van der Waals surface area contributed by atoms with Gasteiger partial charge in [0.25, 0.3) is 0 Å². The lowest BCUT2D eigenvalue weighted by molar-refractivity contribution is 0.356. The maximum Gasteiger partial charge on any atom is 0.159 e. The Kier molecular flexibility index (Phi) is 4.52. The molecule has 0 bridgehead atoms. The molecule has 0 radical (unpaired) electrons. The molecule has 1 N–H and O–H groups in total. The summed E-state index contributed by atoms with van der Waals surface area (Å²) in [4.78, 5) is 13.6. The predicted octanol–water partition coefficient (Wildman–Crippen LogP) is 2.40. The number of aromatic nitrogens is 5. The van der Waals surface area contributed by atoms with E-state index in [0.717, 1.165) is 61.1 Å². The van der Waals surface area contributed by atoms with Crippen molar-refractivity contribution in [2.24, 2.45) is 0 Å². The molecule has 1 aliphatic heterocycles. The lowest BCUT2D eigenvalue weighted by Gasteiger charge is -2.23. The van der Waals surface area contributed by atoms with Crippen LogP contribution >= 0.6 is 0 Å². The largest absolute Gasteiger partial charge is 0.307 e. The van der Waals surface area contributed by atoms with E-state index in [1.807, 2.05) is 42.6 Å². The highest BCUT2D eigenvalue weighted by Gasteiger charge is 2.21. The second-order valence-corrected chi connectivity index (χ2v) is 6.33. The Labute approximate surface area is 147 Å². The van der Waals surface area contributed by atoms with Crippen LogP contribution in [0.4, 0.5) is 0 Å². The fraction of sp³-hybridized carbons (Fsp3) is 0.368. The number of rotatable bonds is 5. The zero-order valence-corrected chi connectivity index (χ0v) is 14.4. The second kappa shape index (κ2) is 7.11. The summed E-state index contributed by atoms with van der Waals surface area (Å²) in [5.74, 6) is 2.83. The number of hydrogen-bond acceptors (Lipinski definition) is 5. The molecule has 3 aromatic rings. The minimum Gasteiger partial charge on any atom is -0.307 e. The first-order chi connectivity index (χ1) is 12.3. The number of benzene rings is 1. The van der Waals surface area contributed by atoms with Gasteiger partial charge in [-0.15, -0.1) is 0 Å². The van der Waals surface area contributed by atoms with Gasteiger partial charge in [0.1, 0.15) is 5.82 Å². The second-order valence-electron chi connectivity index (χ2n) is 6.33. The molecule has 0 spiro atoms. The van der Waals surface area contributed by atoms with Crippen molar-refractivity contribution >= 4 is 0 Å². The predicted molar refractivity (Wildman–Crippen MR) is 95.8 cm³/mol. The van der Waals surface area contributed by atoms with Crippen molar-refractivity contribution < 1.29 is 0 Å². The van der Waals surface area contributed by atoms with Crippen LogP contribution in [0.5, 0.6) is 0 Å². The van der Waals surface area contributed by atoms with Gasteiger partial charge >= 0.3 is 0 Å². The number of fused-ring (bicyclic) bond motifs is 1. The summed E-state index contributed by atoms with van der Waals surface area (Å²) in [5.41, 5.74) is 2.05. The molecule has 1 unspecified atom stereocenters. The third kappa shape index (κ3) is 3.58. The van der Waals surface area contributed by atoms with Crippen molar-refractivity contribution in [2.45, 2.75) is 45.3 Å². The van der Waals surface area contributed by atoms with Crippen molar-refractivity contribution in [2.75, 3.05) is 0 Å². The maximum atomic E-state index is 4.68. The monoisotopic (exact) mass is 334 g/mol. The molecular formula is C19H22N6. The van der Waals surface area contributed by atoms with Crippen molar-refractivity contribution in [1.82, 2.24) is 30.0 Å². The molecule has 0 saturated carbocycles. The highest BCUT2D eigenvalue weighted by molar-refractivity contribution is 5.54. The first kappa shape index (κ1) is 15.9. The molecule has 1 aromatic carbocycles. The normalized spacial score (nSPS) is 16.6. The van der Waals surface area contributed by atoms with E-state index in [-0.39, 0.29) is 0 Å². The molecule has 1 aliphatic rings. The van der Waals surface area contributed by atoms with Gasteiger partial charge in [0.2, 0.25) is 0 Å². The van der Waals surface area contributed by atoms with Crippen LogP contribution in [0, 0.1) is 0 Å². The standard InChI is InChI=1S/C19H22N6/c1-2-17-23-18-9-8-16(13-25(18)24-17)21-12-15-10-11-20-19(22-15)14-6-4-3-5-7-14/h3-7,10-11,16,21H,2,8-9,12-13H2,1H3. The van der Waals surface area contributed by atoms with Gasteiger partial charge in [0.15, 0.2) is 11.6 Å². The molecule has 6 heteroatoms. The van der Waals surface area contributed by atoms with Gasteiger partial charge in [-0.1, -0.05) is 37.3 Å². The highest BCUT2D eigenvalue weighted by atomic mass is 15.4. The maximum absolute atomic E-state index is 4.68. The molecule has 2 aromatic heterocycles. The first-order valence-corrected chi connectivity index (χ1v) is 8.85. The van der Waals surface area contributed by atoms with E-state index in [0.29, 0.717) is 6.04 Å². The minimum atomic E-state index is 0.397. The molecular weight excluding hydrogens is 312 g/mol. The molecule has 4 rings (SSSR count).